The van der Waals surface area contributed by atoms with Crippen LogP contribution in [0.25, 0.3) is 0 Å². The second kappa shape index (κ2) is 9.65. The number of benzene rings is 2. The van der Waals surface area contributed by atoms with Gasteiger partial charge in [-0.05, 0) is 56.3 Å². The average Bonchev–Trinajstić information content (AvgIpc) is 3.37. The van der Waals surface area contributed by atoms with Crippen LogP contribution in [0.1, 0.15) is 28.8 Å². The highest BCUT2D eigenvalue weighted by atomic mass is 32.2. The Labute approximate surface area is 201 Å². The van der Waals surface area contributed by atoms with Crippen molar-refractivity contribution in [1.29, 1.82) is 0 Å². The third-order valence-corrected chi connectivity index (χ3v) is 7.82. The molecule has 0 bridgehead atoms. The molecule has 2 heterocycles. The molecule has 0 unspecified atom stereocenters. The first kappa shape index (κ1) is 25.2. The van der Waals surface area contributed by atoms with Crippen LogP contribution in [0.2, 0.25) is 0 Å². The van der Waals surface area contributed by atoms with Crippen molar-refractivity contribution in [1.82, 2.24) is 9.62 Å². The highest BCUT2D eigenvalue weighted by molar-refractivity contribution is 7.89. The maximum atomic E-state index is 14.4. The van der Waals surface area contributed by atoms with Gasteiger partial charge in [-0.3, -0.25) is 4.79 Å². The van der Waals surface area contributed by atoms with Crippen molar-refractivity contribution in [3.05, 3.63) is 53.3 Å². The van der Waals surface area contributed by atoms with Crippen LogP contribution in [0, 0.1) is 5.82 Å². The fraction of sp³-hybridized carbons (Fsp3) is 0.435. The summed E-state index contributed by atoms with van der Waals surface area (Å²) < 4.78 is 79.9. The Hall–Kier alpha value is -2.86. The Morgan fingerprint density at radius 2 is 1.49 bits per heavy atom. The van der Waals surface area contributed by atoms with Crippen LogP contribution in [0.4, 0.5) is 28.9 Å². The molecule has 2 saturated heterocycles. The minimum Gasteiger partial charge on any atom is -0.371 e. The number of rotatable bonds is 5. The Morgan fingerprint density at radius 1 is 0.886 bits per heavy atom. The highest BCUT2D eigenvalue weighted by Crippen LogP contribution is 2.33. The minimum atomic E-state index is -4.63. The molecule has 2 aromatic carbocycles. The van der Waals surface area contributed by atoms with Gasteiger partial charge in [0.2, 0.25) is 10.0 Å². The average molecular weight is 515 g/mol. The minimum absolute atomic E-state index is 0.0169. The van der Waals surface area contributed by atoms with E-state index in [2.05, 4.69) is 9.62 Å². The second-order valence-electron chi connectivity index (χ2n) is 8.52. The van der Waals surface area contributed by atoms with Gasteiger partial charge in [0.15, 0.2) is 0 Å². The number of hydrogen-bond donors (Lipinski definition) is 1. The van der Waals surface area contributed by atoms with Gasteiger partial charge in [-0.25, -0.2) is 17.5 Å². The van der Waals surface area contributed by atoms with Crippen LogP contribution in [0.5, 0.6) is 0 Å². The molecule has 2 aliphatic heterocycles. The summed E-state index contributed by atoms with van der Waals surface area (Å²) in [6.45, 7) is 2.39. The number of hydrogen-bond acceptors (Lipinski definition) is 5. The van der Waals surface area contributed by atoms with Gasteiger partial charge in [-0.1, -0.05) is 0 Å². The van der Waals surface area contributed by atoms with Crippen LogP contribution in [-0.2, 0) is 16.2 Å². The van der Waals surface area contributed by atoms with E-state index in [4.69, 9.17) is 0 Å². The Morgan fingerprint density at radius 3 is 2.06 bits per heavy atom. The van der Waals surface area contributed by atoms with Gasteiger partial charge in [0.25, 0.3) is 5.91 Å². The summed E-state index contributed by atoms with van der Waals surface area (Å²) in [6.07, 6.45) is -2.68. The number of amides is 1. The molecule has 7 nitrogen and oxygen atoms in total. The van der Waals surface area contributed by atoms with Crippen molar-refractivity contribution < 1.29 is 30.8 Å². The number of carbonyl (C=O) groups excluding carboxylic acids is 1. The van der Waals surface area contributed by atoms with Crippen LogP contribution >= 0.6 is 0 Å². The van der Waals surface area contributed by atoms with Crippen molar-refractivity contribution in [2.75, 3.05) is 56.1 Å². The lowest BCUT2D eigenvalue weighted by atomic mass is 10.1. The van der Waals surface area contributed by atoms with Crippen LogP contribution < -0.4 is 14.5 Å². The van der Waals surface area contributed by atoms with Crippen molar-refractivity contribution in [3.63, 3.8) is 0 Å². The molecule has 0 saturated carbocycles. The normalized spacial score (nSPS) is 17.2. The van der Waals surface area contributed by atoms with Crippen LogP contribution in [0.3, 0.4) is 0 Å². The number of piperazine rings is 1. The standard InChI is InChI=1S/C23H26F4N4O3S/c1-28-35(33,34)17-5-7-20(29-8-2-3-9-29)18(15-17)22(32)31-12-10-30(11-13-31)21-6-4-16(14-19(21)24)23(25,26)27/h4-7,14-15,28H,2-3,8-13H2,1H3. The predicted molar refractivity (Wildman–Crippen MR) is 124 cm³/mol. The molecule has 2 aromatic rings. The monoisotopic (exact) mass is 514 g/mol. The zero-order valence-corrected chi connectivity index (χ0v) is 19.9. The van der Waals surface area contributed by atoms with E-state index in [0.29, 0.717) is 11.8 Å². The van der Waals surface area contributed by atoms with Crippen molar-refractivity contribution >= 4 is 27.3 Å². The molecule has 0 aliphatic carbocycles. The van der Waals surface area contributed by atoms with Gasteiger partial charge in [-0.2, -0.15) is 13.2 Å². The van der Waals surface area contributed by atoms with Crippen molar-refractivity contribution in [2.24, 2.45) is 0 Å². The number of sulfonamides is 1. The first-order chi connectivity index (χ1) is 16.5. The fourth-order valence-electron chi connectivity index (χ4n) is 4.47. The lowest BCUT2D eigenvalue weighted by molar-refractivity contribution is -0.137. The van der Waals surface area contributed by atoms with Crippen molar-refractivity contribution in [3.8, 4) is 0 Å². The van der Waals surface area contributed by atoms with Gasteiger partial charge >= 0.3 is 6.18 Å². The summed E-state index contributed by atoms with van der Waals surface area (Å²) in [5.41, 5.74) is -0.0699. The van der Waals surface area contributed by atoms with Gasteiger partial charge in [0.05, 0.1) is 21.7 Å². The van der Waals surface area contributed by atoms with E-state index in [0.717, 1.165) is 38.1 Å². The number of carbonyl (C=O) groups is 1. The summed E-state index contributed by atoms with van der Waals surface area (Å²) in [5.74, 6) is -1.31. The summed E-state index contributed by atoms with van der Waals surface area (Å²) in [7, 11) is -2.46. The van der Waals surface area contributed by atoms with Gasteiger partial charge in [-0.15, -0.1) is 0 Å². The number of anilines is 2. The van der Waals surface area contributed by atoms with Gasteiger partial charge in [0, 0.05) is 45.0 Å². The summed E-state index contributed by atoms with van der Waals surface area (Å²) in [5, 5.41) is 0. The predicted octanol–water partition coefficient (Wildman–Crippen LogP) is 3.32. The van der Waals surface area contributed by atoms with E-state index in [1.54, 1.807) is 15.9 Å². The van der Waals surface area contributed by atoms with Crippen LogP contribution in [-0.4, -0.2) is 65.5 Å². The highest BCUT2D eigenvalue weighted by Gasteiger charge is 2.33. The molecule has 1 amide bonds. The van der Waals surface area contributed by atoms with E-state index < -0.39 is 27.6 Å². The molecular formula is C23H26F4N4O3S. The molecule has 35 heavy (non-hydrogen) atoms. The molecule has 0 radical (unpaired) electrons. The van der Waals surface area contributed by atoms with E-state index >= 15 is 0 Å². The topological polar surface area (TPSA) is 73.0 Å². The molecule has 1 N–H and O–H groups in total. The SMILES string of the molecule is CNS(=O)(=O)c1ccc(N2CCCC2)c(C(=O)N2CCN(c3ccc(C(F)(F)F)cc3F)CC2)c1. The summed E-state index contributed by atoms with van der Waals surface area (Å²) >= 11 is 0. The smallest absolute Gasteiger partial charge is 0.371 e. The number of alkyl halides is 3. The summed E-state index contributed by atoms with van der Waals surface area (Å²) in [6, 6.07) is 6.92. The Bertz CT molecular complexity index is 1210. The third kappa shape index (κ3) is 5.22. The second-order valence-corrected chi connectivity index (χ2v) is 10.4. The largest absolute Gasteiger partial charge is 0.416 e. The van der Waals surface area contributed by atoms with E-state index in [1.807, 2.05) is 0 Å². The summed E-state index contributed by atoms with van der Waals surface area (Å²) in [4.78, 5) is 18.7. The van der Waals surface area contributed by atoms with Crippen molar-refractivity contribution in [2.45, 2.75) is 23.9 Å². The van der Waals surface area contributed by atoms with Gasteiger partial charge < -0.3 is 14.7 Å². The fourth-order valence-corrected chi connectivity index (χ4v) is 5.22. The first-order valence-corrected chi connectivity index (χ1v) is 12.7. The molecule has 0 spiro atoms. The molecule has 4 rings (SSSR count). The molecular weight excluding hydrogens is 488 g/mol. The first-order valence-electron chi connectivity index (χ1n) is 11.2. The lowest BCUT2D eigenvalue weighted by Crippen LogP contribution is -2.49. The molecule has 0 aromatic heterocycles. The van der Waals surface area contributed by atoms with Gasteiger partial charge in [0.1, 0.15) is 5.82 Å². The number of nitrogens with zero attached hydrogens (tertiary/aromatic N) is 3. The maximum Gasteiger partial charge on any atom is 0.416 e. The quantitative estimate of drug-likeness (QED) is 0.620. The van der Waals surface area contributed by atoms with Crippen LogP contribution in [0.15, 0.2) is 41.3 Å². The third-order valence-electron chi connectivity index (χ3n) is 6.41. The Balaban J connectivity index is 1.54. The zero-order valence-electron chi connectivity index (χ0n) is 19.1. The molecule has 12 heteroatoms. The maximum absolute atomic E-state index is 14.4. The molecule has 190 valence electrons. The van der Waals surface area contributed by atoms with E-state index in [1.165, 1.54) is 19.2 Å². The molecule has 0 atom stereocenters. The Kier molecular flexibility index (Phi) is 6.96. The zero-order chi connectivity index (χ0) is 25.4. The molecule has 2 aliphatic rings. The number of halogens is 4. The van der Waals surface area contributed by atoms with E-state index in [9.17, 15) is 30.8 Å². The lowest BCUT2D eigenvalue weighted by Gasteiger charge is -2.37. The molecule has 2 fully saturated rings. The van der Waals surface area contributed by atoms with E-state index in [-0.39, 0.29) is 48.2 Å². The number of nitrogens with one attached hydrogen (secondary N) is 1.